The number of pyridine rings is 1. The molecule has 0 saturated carbocycles. The van der Waals surface area contributed by atoms with Gasteiger partial charge in [-0.05, 0) is 53.1 Å². The van der Waals surface area contributed by atoms with Crippen LogP contribution in [0.25, 0.3) is 0 Å². The van der Waals surface area contributed by atoms with Crippen molar-refractivity contribution in [3.05, 3.63) is 94.8 Å². The third-order valence-corrected chi connectivity index (χ3v) is 3.90. The zero-order chi connectivity index (χ0) is 16.6. The molecule has 3 aromatic rings. The lowest BCUT2D eigenvalue weighted by Crippen LogP contribution is -2.12. The molecule has 0 amide bonds. The van der Waals surface area contributed by atoms with Gasteiger partial charge in [0.1, 0.15) is 12.4 Å². The summed E-state index contributed by atoms with van der Waals surface area (Å²) in [6, 6.07) is 19.9. The predicted octanol–water partition coefficient (Wildman–Crippen LogP) is 5.45. The van der Waals surface area contributed by atoms with E-state index in [1.807, 2.05) is 60.9 Å². The van der Waals surface area contributed by atoms with E-state index in [0.717, 1.165) is 29.4 Å². The minimum atomic E-state index is 0. The van der Waals surface area contributed by atoms with Crippen molar-refractivity contribution in [1.29, 1.82) is 0 Å². The van der Waals surface area contributed by atoms with Crippen LogP contribution >= 0.6 is 36.4 Å². The van der Waals surface area contributed by atoms with Crippen molar-refractivity contribution in [2.75, 3.05) is 0 Å². The van der Waals surface area contributed by atoms with Gasteiger partial charge in [0.15, 0.2) is 0 Å². The molecule has 26 heavy (non-hydrogen) atoms. The first-order valence-electron chi connectivity index (χ1n) is 7.85. The largest absolute Gasteiger partial charge is 0.489 e. The number of hydrogen-bond donors (Lipinski definition) is 1. The van der Waals surface area contributed by atoms with E-state index in [-0.39, 0.29) is 24.8 Å². The fourth-order valence-electron chi connectivity index (χ4n) is 2.30. The number of nitrogens with zero attached hydrogens (tertiary/aromatic N) is 1. The first-order valence-corrected chi connectivity index (χ1v) is 8.23. The number of rotatable bonds is 7. The van der Waals surface area contributed by atoms with Gasteiger partial charge in [0.2, 0.25) is 0 Å². The Balaban J connectivity index is 0.00000169. The molecule has 1 N–H and O–H groups in total. The summed E-state index contributed by atoms with van der Waals surface area (Å²) in [5.41, 5.74) is 3.55. The van der Waals surface area contributed by atoms with E-state index < -0.39 is 0 Å². The summed E-state index contributed by atoms with van der Waals surface area (Å²) in [6.45, 7) is 2.19. The van der Waals surface area contributed by atoms with E-state index in [1.165, 1.54) is 11.1 Å². The summed E-state index contributed by atoms with van der Waals surface area (Å²) >= 11 is 5.88. The molecule has 0 spiro atoms. The van der Waals surface area contributed by atoms with Crippen LogP contribution in [0.3, 0.4) is 0 Å². The molecule has 0 aliphatic rings. The van der Waals surface area contributed by atoms with Crippen LogP contribution in [0.5, 0.6) is 5.75 Å². The molecular formula is C20H21Cl3N2O. The van der Waals surface area contributed by atoms with Crippen molar-refractivity contribution in [3.63, 3.8) is 0 Å². The molecule has 1 heterocycles. The molecule has 0 fully saturated rings. The summed E-state index contributed by atoms with van der Waals surface area (Å²) in [5, 5.41) is 4.16. The van der Waals surface area contributed by atoms with Crippen molar-refractivity contribution in [1.82, 2.24) is 10.3 Å². The Hall–Kier alpha value is -1.78. The van der Waals surface area contributed by atoms with Crippen LogP contribution in [-0.4, -0.2) is 4.98 Å². The van der Waals surface area contributed by atoms with E-state index in [2.05, 4.69) is 22.4 Å². The highest BCUT2D eigenvalue weighted by molar-refractivity contribution is 6.30. The molecule has 2 aromatic carbocycles. The third kappa shape index (κ3) is 7.22. The van der Waals surface area contributed by atoms with E-state index >= 15 is 0 Å². The minimum Gasteiger partial charge on any atom is -0.489 e. The van der Waals surface area contributed by atoms with Gasteiger partial charge >= 0.3 is 0 Å². The van der Waals surface area contributed by atoms with E-state index in [1.54, 1.807) is 0 Å². The molecule has 1 aromatic heterocycles. The van der Waals surface area contributed by atoms with Crippen molar-refractivity contribution in [3.8, 4) is 5.75 Å². The maximum Gasteiger partial charge on any atom is 0.119 e. The molecule has 0 aliphatic heterocycles. The quantitative estimate of drug-likeness (QED) is 0.561. The van der Waals surface area contributed by atoms with Gasteiger partial charge in [-0.25, -0.2) is 0 Å². The van der Waals surface area contributed by atoms with Crippen LogP contribution in [0.15, 0.2) is 73.1 Å². The summed E-state index contributed by atoms with van der Waals surface area (Å²) < 4.78 is 5.79. The highest BCUT2D eigenvalue weighted by Gasteiger charge is 1.98. The average Bonchev–Trinajstić information content (AvgIpc) is 2.63. The van der Waals surface area contributed by atoms with Crippen molar-refractivity contribution < 1.29 is 4.74 Å². The molecule has 0 atom stereocenters. The summed E-state index contributed by atoms with van der Waals surface area (Å²) in [4.78, 5) is 4.02. The Kier molecular flexibility index (Phi) is 10.1. The van der Waals surface area contributed by atoms with Gasteiger partial charge < -0.3 is 10.1 Å². The smallest absolute Gasteiger partial charge is 0.119 e. The number of nitrogens with one attached hydrogen (secondary N) is 1. The molecule has 0 bridgehead atoms. The molecule has 3 nitrogen and oxygen atoms in total. The molecule has 0 radical (unpaired) electrons. The summed E-state index contributed by atoms with van der Waals surface area (Å²) in [6.07, 6.45) is 3.62. The zero-order valence-corrected chi connectivity index (χ0v) is 16.5. The standard InChI is InChI=1S/C20H19ClN2O.2ClH/c21-19-5-1-18(2-6-19)15-24-20-7-3-16(4-8-20)13-23-14-17-9-11-22-12-10-17;;/h1-12,23H,13-15H2;2*1H. The average molecular weight is 412 g/mol. The van der Waals surface area contributed by atoms with Crippen LogP contribution in [0.1, 0.15) is 16.7 Å². The molecule has 0 unspecified atom stereocenters. The maximum atomic E-state index is 5.88. The normalized spacial score (nSPS) is 9.73. The van der Waals surface area contributed by atoms with Crippen molar-refractivity contribution in [2.24, 2.45) is 0 Å². The van der Waals surface area contributed by atoms with Crippen LogP contribution in [-0.2, 0) is 19.7 Å². The highest BCUT2D eigenvalue weighted by Crippen LogP contribution is 2.15. The number of ether oxygens (including phenoxy) is 1. The van der Waals surface area contributed by atoms with Crippen LogP contribution < -0.4 is 10.1 Å². The zero-order valence-electron chi connectivity index (χ0n) is 14.1. The Bertz CT molecular complexity index is 750. The van der Waals surface area contributed by atoms with Crippen LogP contribution in [0.2, 0.25) is 5.02 Å². The van der Waals surface area contributed by atoms with Gasteiger partial charge in [-0.1, -0.05) is 35.9 Å². The molecular weight excluding hydrogens is 391 g/mol. The number of benzene rings is 2. The topological polar surface area (TPSA) is 34.1 Å². The number of aromatic nitrogens is 1. The summed E-state index contributed by atoms with van der Waals surface area (Å²) in [7, 11) is 0. The fourth-order valence-corrected chi connectivity index (χ4v) is 2.43. The predicted molar refractivity (Wildman–Crippen MR) is 112 cm³/mol. The maximum absolute atomic E-state index is 5.88. The van der Waals surface area contributed by atoms with Gasteiger partial charge in [-0.3, -0.25) is 4.98 Å². The lowest BCUT2D eigenvalue weighted by Gasteiger charge is -2.08. The fraction of sp³-hybridized carbons (Fsp3) is 0.150. The van der Waals surface area contributed by atoms with Gasteiger partial charge in [0.05, 0.1) is 0 Å². The molecule has 138 valence electrons. The first-order chi connectivity index (χ1) is 11.8. The molecule has 3 rings (SSSR count). The summed E-state index contributed by atoms with van der Waals surface area (Å²) in [5.74, 6) is 0.864. The van der Waals surface area contributed by atoms with E-state index in [4.69, 9.17) is 16.3 Å². The first kappa shape index (κ1) is 22.3. The molecule has 0 saturated heterocycles. The van der Waals surface area contributed by atoms with Crippen LogP contribution in [0.4, 0.5) is 0 Å². The van der Waals surface area contributed by atoms with Gasteiger partial charge in [-0.2, -0.15) is 0 Å². The number of halogens is 3. The van der Waals surface area contributed by atoms with Gasteiger partial charge in [0.25, 0.3) is 0 Å². The van der Waals surface area contributed by atoms with Gasteiger partial charge in [-0.15, -0.1) is 24.8 Å². The second-order valence-corrected chi connectivity index (χ2v) is 5.95. The lowest BCUT2D eigenvalue weighted by molar-refractivity contribution is 0.306. The van der Waals surface area contributed by atoms with Crippen LogP contribution in [0, 0.1) is 0 Å². The second kappa shape index (κ2) is 11.8. The SMILES string of the molecule is Cl.Cl.Clc1ccc(COc2ccc(CNCc3ccncc3)cc2)cc1. The minimum absolute atomic E-state index is 0. The lowest BCUT2D eigenvalue weighted by atomic mass is 10.2. The Morgan fingerprint density at radius 3 is 1.88 bits per heavy atom. The Morgan fingerprint density at radius 2 is 1.27 bits per heavy atom. The third-order valence-electron chi connectivity index (χ3n) is 3.65. The van der Waals surface area contributed by atoms with E-state index in [9.17, 15) is 0 Å². The highest BCUT2D eigenvalue weighted by atomic mass is 35.5. The Labute approximate surface area is 171 Å². The van der Waals surface area contributed by atoms with Gasteiger partial charge in [0, 0.05) is 30.5 Å². The van der Waals surface area contributed by atoms with E-state index in [0.29, 0.717) is 6.61 Å². The second-order valence-electron chi connectivity index (χ2n) is 5.52. The van der Waals surface area contributed by atoms with Crippen molar-refractivity contribution in [2.45, 2.75) is 19.7 Å². The van der Waals surface area contributed by atoms with Crippen molar-refractivity contribution >= 4 is 36.4 Å². The molecule has 6 heteroatoms. The monoisotopic (exact) mass is 410 g/mol. The molecule has 0 aliphatic carbocycles. The Morgan fingerprint density at radius 1 is 0.731 bits per heavy atom. The number of hydrogen-bond acceptors (Lipinski definition) is 3.